The molecule has 0 atom stereocenters. The third-order valence-electron chi connectivity index (χ3n) is 2.76. The minimum absolute atomic E-state index is 1.24. The molecule has 0 radical (unpaired) electrons. The first-order valence-electron chi connectivity index (χ1n) is 5.46. The van der Waals surface area contributed by atoms with E-state index in [1.807, 2.05) is 0 Å². The molecule has 0 aliphatic heterocycles. The third kappa shape index (κ3) is 1.82. The molecule has 76 valence electrons. The fraction of sp³-hybridized carbons (Fsp3) is 0. The quantitative estimate of drug-likeness (QED) is 0.503. The van der Waals surface area contributed by atoms with Crippen LogP contribution in [0.2, 0.25) is 0 Å². The average molecular weight is 204 g/mol. The van der Waals surface area contributed by atoms with E-state index in [9.17, 15) is 0 Å². The molecule has 0 saturated heterocycles. The highest BCUT2D eigenvalue weighted by Gasteiger charge is 1.86. The van der Waals surface area contributed by atoms with Crippen LogP contribution in [0, 0.1) is 0 Å². The van der Waals surface area contributed by atoms with E-state index in [1.165, 1.54) is 21.5 Å². The number of fused-ring (bicyclic) bond motifs is 4. The van der Waals surface area contributed by atoms with Crippen LogP contribution in [0.1, 0.15) is 0 Å². The molecule has 0 unspecified atom stereocenters. The molecule has 3 rings (SSSR count). The van der Waals surface area contributed by atoms with Crippen molar-refractivity contribution in [2.24, 2.45) is 0 Å². The average Bonchev–Trinajstić information content (AvgIpc) is 2.34. The first kappa shape index (κ1) is 9.17. The predicted octanol–water partition coefficient (Wildman–Crippen LogP) is 4.56. The summed E-state index contributed by atoms with van der Waals surface area (Å²) in [4.78, 5) is 0. The zero-order chi connectivity index (χ0) is 10.8. The molecule has 0 amide bonds. The van der Waals surface area contributed by atoms with Crippen molar-refractivity contribution in [1.29, 1.82) is 0 Å². The van der Waals surface area contributed by atoms with Crippen molar-refractivity contribution in [3.05, 3.63) is 72.8 Å². The molecular formula is C16H12. The van der Waals surface area contributed by atoms with Crippen LogP contribution in [-0.4, -0.2) is 0 Å². The summed E-state index contributed by atoms with van der Waals surface area (Å²) in [6, 6.07) is 25.7. The molecule has 0 heterocycles. The Labute approximate surface area is 94.8 Å². The molecule has 0 fully saturated rings. The predicted molar refractivity (Wildman–Crippen MR) is 70.3 cm³/mol. The van der Waals surface area contributed by atoms with Gasteiger partial charge < -0.3 is 0 Å². The summed E-state index contributed by atoms with van der Waals surface area (Å²) in [6.45, 7) is 0. The van der Waals surface area contributed by atoms with Crippen LogP contribution in [0.15, 0.2) is 72.8 Å². The van der Waals surface area contributed by atoms with Gasteiger partial charge in [0.1, 0.15) is 0 Å². The normalized spacial score (nSPS) is 10.5. The Bertz CT molecular complexity index is 554. The van der Waals surface area contributed by atoms with Crippen LogP contribution < -0.4 is 0 Å². The van der Waals surface area contributed by atoms with Gasteiger partial charge in [-0.2, -0.15) is 0 Å². The van der Waals surface area contributed by atoms with E-state index in [1.54, 1.807) is 0 Å². The van der Waals surface area contributed by atoms with Crippen LogP contribution in [0.25, 0.3) is 21.5 Å². The third-order valence-corrected chi connectivity index (χ3v) is 2.76. The smallest absolute Gasteiger partial charge is 0.0251 e. The van der Waals surface area contributed by atoms with Crippen molar-refractivity contribution >= 4 is 21.5 Å². The second-order valence-electron chi connectivity index (χ2n) is 4.01. The van der Waals surface area contributed by atoms with Gasteiger partial charge in [0.25, 0.3) is 0 Å². The zero-order valence-corrected chi connectivity index (χ0v) is 8.93. The standard InChI is InChI=1S/C16H12/c1-3-13-7-9-15-5-2-6-16(12-15)10-8-14(4-1)11-13/h1-12H. The second-order valence-corrected chi connectivity index (χ2v) is 4.01. The van der Waals surface area contributed by atoms with E-state index in [0.717, 1.165) is 0 Å². The minimum Gasteiger partial charge on any atom is -0.0611 e. The highest BCUT2D eigenvalue weighted by molar-refractivity contribution is 5.72. The monoisotopic (exact) mass is 204 g/mol. The van der Waals surface area contributed by atoms with E-state index in [4.69, 9.17) is 0 Å². The summed E-state index contributed by atoms with van der Waals surface area (Å²) in [5.74, 6) is 0. The molecule has 3 aromatic carbocycles. The lowest BCUT2D eigenvalue weighted by Crippen LogP contribution is -1.68. The van der Waals surface area contributed by atoms with Gasteiger partial charge >= 0.3 is 0 Å². The molecule has 0 heteroatoms. The van der Waals surface area contributed by atoms with Gasteiger partial charge in [0, 0.05) is 0 Å². The van der Waals surface area contributed by atoms with Crippen LogP contribution in [0.4, 0.5) is 0 Å². The lowest BCUT2D eigenvalue weighted by Gasteiger charge is -1.93. The number of hydrogen-bond donors (Lipinski definition) is 0. The SMILES string of the molecule is c1cc2ccc3cccc(ccc(c1)c2)c3. The highest BCUT2D eigenvalue weighted by Crippen LogP contribution is 2.11. The van der Waals surface area contributed by atoms with Gasteiger partial charge in [-0.15, -0.1) is 0 Å². The summed E-state index contributed by atoms with van der Waals surface area (Å²) >= 11 is 0. The maximum absolute atomic E-state index is 2.19. The van der Waals surface area contributed by atoms with Crippen molar-refractivity contribution in [3.63, 3.8) is 0 Å². The molecular weight excluding hydrogens is 192 g/mol. The fourth-order valence-corrected chi connectivity index (χ4v) is 1.92. The number of hydrogen-bond acceptors (Lipinski definition) is 0. The molecule has 0 aromatic heterocycles. The van der Waals surface area contributed by atoms with Crippen LogP contribution in [-0.2, 0) is 0 Å². The molecule has 0 spiro atoms. The van der Waals surface area contributed by atoms with Crippen molar-refractivity contribution in [2.45, 2.75) is 0 Å². The van der Waals surface area contributed by atoms with Gasteiger partial charge in [-0.05, 0) is 33.7 Å². The van der Waals surface area contributed by atoms with Gasteiger partial charge in [-0.3, -0.25) is 0 Å². The molecule has 0 aliphatic rings. The van der Waals surface area contributed by atoms with Gasteiger partial charge in [0.2, 0.25) is 0 Å². The Hall–Kier alpha value is -2.08. The van der Waals surface area contributed by atoms with Gasteiger partial charge in [-0.25, -0.2) is 0 Å². The van der Waals surface area contributed by atoms with Gasteiger partial charge in [0.05, 0.1) is 0 Å². The molecule has 0 nitrogen and oxygen atoms in total. The topological polar surface area (TPSA) is 0 Å². The largest absolute Gasteiger partial charge is 0.0611 e. The van der Waals surface area contributed by atoms with E-state index < -0.39 is 0 Å². The van der Waals surface area contributed by atoms with Crippen LogP contribution >= 0.6 is 0 Å². The first-order valence-corrected chi connectivity index (χ1v) is 5.46. The second kappa shape index (κ2) is 3.82. The Morgan fingerprint density at radius 2 is 0.688 bits per heavy atom. The molecule has 0 N–H and O–H groups in total. The maximum atomic E-state index is 2.19. The van der Waals surface area contributed by atoms with E-state index in [2.05, 4.69) is 72.8 Å². The van der Waals surface area contributed by atoms with Crippen molar-refractivity contribution in [2.75, 3.05) is 0 Å². The Morgan fingerprint density at radius 1 is 0.375 bits per heavy atom. The van der Waals surface area contributed by atoms with Crippen LogP contribution in [0.5, 0.6) is 0 Å². The van der Waals surface area contributed by atoms with E-state index in [-0.39, 0.29) is 0 Å². The molecule has 0 saturated carbocycles. The molecule has 3 aromatic rings. The lowest BCUT2D eigenvalue weighted by atomic mass is 10.1. The molecule has 0 aliphatic carbocycles. The van der Waals surface area contributed by atoms with Gasteiger partial charge in [-0.1, -0.05) is 60.7 Å². The maximum Gasteiger partial charge on any atom is -0.0251 e. The summed E-state index contributed by atoms with van der Waals surface area (Å²) in [6.07, 6.45) is 0. The van der Waals surface area contributed by atoms with E-state index >= 15 is 0 Å². The summed E-state index contributed by atoms with van der Waals surface area (Å²) in [5.41, 5.74) is 0. The van der Waals surface area contributed by atoms with Crippen molar-refractivity contribution in [1.82, 2.24) is 0 Å². The lowest BCUT2D eigenvalue weighted by molar-refractivity contribution is 1.76. The summed E-state index contributed by atoms with van der Waals surface area (Å²) < 4.78 is 0. The molecule has 16 heavy (non-hydrogen) atoms. The van der Waals surface area contributed by atoms with Crippen molar-refractivity contribution in [3.8, 4) is 0 Å². The summed E-state index contributed by atoms with van der Waals surface area (Å²) in [5, 5.41) is 4.98. The van der Waals surface area contributed by atoms with Crippen molar-refractivity contribution < 1.29 is 0 Å². The Morgan fingerprint density at radius 3 is 1.00 bits per heavy atom. The fourth-order valence-electron chi connectivity index (χ4n) is 1.92. The van der Waals surface area contributed by atoms with E-state index in [0.29, 0.717) is 0 Å². The Kier molecular flexibility index (Phi) is 2.19. The van der Waals surface area contributed by atoms with Crippen LogP contribution in [0.3, 0.4) is 0 Å². The zero-order valence-electron chi connectivity index (χ0n) is 8.93. The number of rotatable bonds is 0. The minimum atomic E-state index is 1.24. The van der Waals surface area contributed by atoms with Gasteiger partial charge in [0.15, 0.2) is 0 Å². The molecule has 4 bridgehead atoms. The first-order chi connectivity index (χ1) is 7.90. The highest BCUT2D eigenvalue weighted by atomic mass is 13.9. The Balaban J connectivity index is 2.46. The number of benzene rings is 2. The summed E-state index contributed by atoms with van der Waals surface area (Å²) in [7, 11) is 0.